The highest BCUT2D eigenvalue weighted by Crippen LogP contribution is 2.39. The minimum absolute atomic E-state index is 0.00270. The number of hydrogen-bond donors (Lipinski definition) is 0. The molecule has 0 spiro atoms. The first-order valence-electron chi connectivity index (χ1n) is 12.2. The standard InChI is InChI=1S/C27H31N3O4/c1-33-19-11-13-21(24(17-19)34-2)23-8-7-15-29(23)26(31)18-10-12-20-22(16-18)28-25-9-5-3-4-6-14-30(25)27(20)32/h10-13,16-17,23H,3-9,14-15H2,1-2H3. The van der Waals surface area contributed by atoms with Gasteiger partial charge in [-0.05, 0) is 56.0 Å². The Hall–Kier alpha value is -3.35. The van der Waals surface area contributed by atoms with E-state index >= 15 is 0 Å². The van der Waals surface area contributed by atoms with E-state index in [9.17, 15) is 9.59 Å². The van der Waals surface area contributed by atoms with Crippen molar-refractivity contribution in [2.24, 2.45) is 0 Å². The molecule has 34 heavy (non-hydrogen) atoms. The number of hydrogen-bond acceptors (Lipinski definition) is 5. The Kier molecular flexibility index (Phi) is 6.26. The minimum atomic E-state index is -0.0709. The normalized spacial score (nSPS) is 18.3. The first-order valence-corrected chi connectivity index (χ1v) is 12.2. The smallest absolute Gasteiger partial charge is 0.261 e. The van der Waals surface area contributed by atoms with E-state index in [0.717, 1.165) is 74.4 Å². The summed E-state index contributed by atoms with van der Waals surface area (Å²) in [4.78, 5) is 33.5. The molecule has 1 atom stereocenters. The summed E-state index contributed by atoms with van der Waals surface area (Å²) < 4.78 is 12.8. The number of carbonyl (C=O) groups excluding carboxylic acids is 1. The van der Waals surface area contributed by atoms with Crippen molar-refractivity contribution < 1.29 is 14.3 Å². The molecule has 2 aliphatic rings. The average Bonchev–Trinajstić information content (AvgIpc) is 3.33. The second-order valence-corrected chi connectivity index (χ2v) is 9.15. The molecule has 7 heteroatoms. The summed E-state index contributed by atoms with van der Waals surface area (Å²) in [6, 6.07) is 11.0. The fourth-order valence-corrected chi connectivity index (χ4v) is 5.32. The molecule has 0 saturated carbocycles. The second kappa shape index (κ2) is 9.49. The predicted molar refractivity (Wildman–Crippen MR) is 131 cm³/mol. The molecule has 2 aromatic carbocycles. The average molecular weight is 462 g/mol. The number of nitrogens with zero attached hydrogens (tertiary/aromatic N) is 3. The SMILES string of the molecule is COc1ccc(C2CCCN2C(=O)c2ccc3c(=O)n4c(nc3c2)CCCCCC4)c(OC)c1. The van der Waals surface area contributed by atoms with Gasteiger partial charge in [-0.1, -0.05) is 12.8 Å². The molecule has 7 nitrogen and oxygen atoms in total. The van der Waals surface area contributed by atoms with E-state index in [2.05, 4.69) is 0 Å². The molecule has 0 aliphatic carbocycles. The summed E-state index contributed by atoms with van der Waals surface area (Å²) in [5.41, 5.74) is 2.16. The first kappa shape index (κ1) is 22.4. The van der Waals surface area contributed by atoms with Crippen LogP contribution in [0, 0.1) is 0 Å². The number of fused-ring (bicyclic) bond motifs is 2. The third-order valence-electron chi connectivity index (χ3n) is 7.13. The van der Waals surface area contributed by atoms with Gasteiger partial charge in [-0.3, -0.25) is 14.2 Å². The van der Waals surface area contributed by atoms with Crippen molar-refractivity contribution in [2.75, 3.05) is 20.8 Å². The molecule has 178 valence electrons. The number of amides is 1. The van der Waals surface area contributed by atoms with E-state index in [1.807, 2.05) is 27.7 Å². The molecule has 5 rings (SSSR count). The Balaban J connectivity index is 1.49. The zero-order valence-corrected chi connectivity index (χ0v) is 19.9. The Bertz CT molecular complexity index is 1280. The summed E-state index contributed by atoms with van der Waals surface area (Å²) in [6.07, 6.45) is 6.94. The van der Waals surface area contributed by atoms with Crippen LogP contribution in [0.15, 0.2) is 41.2 Å². The van der Waals surface area contributed by atoms with Gasteiger partial charge in [0.15, 0.2) is 0 Å². The lowest BCUT2D eigenvalue weighted by atomic mass is 10.0. The van der Waals surface area contributed by atoms with Crippen LogP contribution in [0.3, 0.4) is 0 Å². The van der Waals surface area contributed by atoms with Gasteiger partial charge < -0.3 is 14.4 Å². The molecule has 3 aromatic rings. The van der Waals surface area contributed by atoms with Crippen LogP contribution in [-0.4, -0.2) is 41.1 Å². The Morgan fingerprint density at radius 1 is 0.971 bits per heavy atom. The molecule has 0 radical (unpaired) electrons. The van der Waals surface area contributed by atoms with E-state index in [4.69, 9.17) is 14.5 Å². The molecule has 2 aliphatic heterocycles. The predicted octanol–water partition coefficient (Wildman–Crippen LogP) is 4.51. The van der Waals surface area contributed by atoms with Gasteiger partial charge in [0.2, 0.25) is 0 Å². The van der Waals surface area contributed by atoms with Crippen molar-refractivity contribution in [3.63, 3.8) is 0 Å². The molecule has 1 aromatic heterocycles. The van der Waals surface area contributed by atoms with Crippen LogP contribution < -0.4 is 15.0 Å². The monoisotopic (exact) mass is 461 g/mol. The van der Waals surface area contributed by atoms with Crippen LogP contribution in [0.2, 0.25) is 0 Å². The summed E-state index contributed by atoms with van der Waals surface area (Å²) in [7, 11) is 3.26. The number of benzene rings is 2. The van der Waals surface area contributed by atoms with Gasteiger partial charge in [0, 0.05) is 36.7 Å². The van der Waals surface area contributed by atoms with Gasteiger partial charge in [0.05, 0.1) is 31.2 Å². The van der Waals surface area contributed by atoms with Gasteiger partial charge in [-0.2, -0.15) is 0 Å². The van der Waals surface area contributed by atoms with Crippen LogP contribution in [0.25, 0.3) is 10.9 Å². The van der Waals surface area contributed by atoms with Crippen LogP contribution in [-0.2, 0) is 13.0 Å². The van der Waals surface area contributed by atoms with E-state index in [-0.39, 0.29) is 17.5 Å². The Labute approximate surface area is 199 Å². The fourth-order valence-electron chi connectivity index (χ4n) is 5.32. The van der Waals surface area contributed by atoms with Crippen LogP contribution in [0.5, 0.6) is 11.5 Å². The first-order chi connectivity index (χ1) is 16.6. The van der Waals surface area contributed by atoms with Gasteiger partial charge >= 0.3 is 0 Å². The topological polar surface area (TPSA) is 73.7 Å². The van der Waals surface area contributed by atoms with Crippen molar-refractivity contribution in [1.29, 1.82) is 0 Å². The number of methoxy groups -OCH3 is 2. The maximum absolute atomic E-state index is 13.6. The van der Waals surface area contributed by atoms with Gasteiger partial charge in [0.1, 0.15) is 17.3 Å². The van der Waals surface area contributed by atoms with Gasteiger partial charge in [-0.25, -0.2) is 4.98 Å². The number of rotatable bonds is 4. The third-order valence-corrected chi connectivity index (χ3v) is 7.13. The number of aromatic nitrogens is 2. The van der Waals surface area contributed by atoms with Crippen molar-refractivity contribution in [3.05, 3.63) is 63.7 Å². The highest BCUT2D eigenvalue weighted by molar-refractivity contribution is 5.98. The van der Waals surface area contributed by atoms with Gasteiger partial charge in [0.25, 0.3) is 11.5 Å². The number of carbonyl (C=O) groups is 1. The van der Waals surface area contributed by atoms with E-state index < -0.39 is 0 Å². The van der Waals surface area contributed by atoms with E-state index in [1.165, 1.54) is 0 Å². The van der Waals surface area contributed by atoms with Crippen molar-refractivity contribution in [3.8, 4) is 11.5 Å². The lowest BCUT2D eigenvalue weighted by Crippen LogP contribution is -2.31. The fraction of sp³-hybridized carbons (Fsp3) is 0.444. The molecule has 0 N–H and O–H groups in total. The highest BCUT2D eigenvalue weighted by atomic mass is 16.5. The number of aryl methyl sites for hydroxylation is 1. The molecule has 0 bridgehead atoms. The van der Waals surface area contributed by atoms with Gasteiger partial charge in [-0.15, -0.1) is 0 Å². The second-order valence-electron chi connectivity index (χ2n) is 9.15. The molecule has 1 amide bonds. The maximum Gasteiger partial charge on any atom is 0.261 e. The van der Waals surface area contributed by atoms with E-state index in [1.54, 1.807) is 32.4 Å². The number of ether oxygens (including phenoxy) is 2. The lowest BCUT2D eigenvalue weighted by molar-refractivity contribution is 0.0734. The molecule has 1 unspecified atom stereocenters. The number of likely N-dealkylation sites (tertiary alicyclic amines) is 1. The Morgan fingerprint density at radius 3 is 2.65 bits per heavy atom. The summed E-state index contributed by atoms with van der Waals surface area (Å²) in [5, 5.41) is 0.579. The van der Waals surface area contributed by atoms with Crippen molar-refractivity contribution in [1.82, 2.24) is 14.5 Å². The van der Waals surface area contributed by atoms with Crippen LogP contribution in [0.1, 0.15) is 66.3 Å². The maximum atomic E-state index is 13.6. The summed E-state index contributed by atoms with van der Waals surface area (Å²) in [6.45, 7) is 1.40. The van der Waals surface area contributed by atoms with Crippen LogP contribution >= 0.6 is 0 Å². The van der Waals surface area contributed by atoms with Crippen molar-refractivity contribution in [2.45, 2.75) is 57.5 Å². The minimum Gasteiger partial charge on any atom is -0.497 e. The molecular weight excluding hydrogens is 430 g/mol. The molecular formula is C27H31N3O4. The molecule has 1 fully saturated rings. The lowest BCUT2D eigenvalue weighted by Gasteiger charge is -2.27. The molecule has 1 saturated heterocycles. The van der Waals surface area contributed by atoms with Crippen molar-refractivity contribution >= 4 is 16.8 Å². The quantitative estimate of drug-likeness (QED) is 0.572. The highest BCUT2D eigenvalue weighted by Gasteiger charge is 2.33. The van der Waals surface area contributed by atoms with Crippen LogP contribution in [0.4, 0.5) is 0 Å². The zero-order chi connectivity index (χ0) is 23.7. The largest absolute Gasteiger partial charge is 0.497 e. The zero-order valence-electron chi connectivity index (χ0n) is 19.9. The molecule has 3 heterocycles. The summed E-state index contributed by atoms with van der Waals surface area (Å²) >= 11 is 0. The van der Waals surface area contributed by atoms with E-state index in [0.29, 0.717) is 23.0 Å². The Morgan fingerprint density at radius 2 is 1.82 bits per heavy atom. The summed E-state index contributed by atoms with van der Waals surface area (Å²) in [5.74, 6) is 2.23. The third kappa shape index (κ3) is 4.04.